The second-order valence-electron chi connectivity index (χ2n) is 3.86. The molecular formula is C10H19N2O4-. The van der Waals surface area contributed by atoms with E-state index < -0.39 is 0 Å². The van der Waals surface area contributed by atoms with Gasteiger partial charge in [-0.1, -0.05) is 0 Å². The molecule has 1 rings (SSSR count). The van der Waals surface area contributed by atoms with E-state index in [0.717, 1.165) is 25.9 Å². The van der Waals surface area contributed by atoms with E-state index in [2.05, 4.69) is 10.4 Å². The van der Waals surface area contributed by atoms with Gasteiger partial charge in [0.2, 0.25) is 0 Å². The van der Waals surface area contributed by atoms with Gasteiger partial charge in [-0.05, 0) is 26.2 Å². The first-order valence-corrected chi connectivity index (χ1v) is 5.56. The van der Waals surface area contributed by atoms with Crippen LogP contribution >= 0.6 is 0 Å². The third-order valence-electron chi connectivity index (χ3n) is 2.58. The van der Waals surface area contributed by atoms with Gasteiger partial charge in [0.1, 0.15) is 6.04 Å². The molecule has 1 aliphatic rings. The van der Waals surface area contributed by atoms with Crippen LogP contribution in [0.3, 0.4) is 0 Å². The summed E-state index contributed by atoms with van der Waals surface area (Å²) in [6, 6.07) is -0.368. The lowest BCUT2D eigenvalue weighted by molar-refractivity contribution is -0.190. The largest absolute Gasteiger partial charge is 0.775 e. The number of methoxy groups -OCH3 is 1. The van der Waals surface area contributed by atoms with Crippen molar-refractivity contribution in [2.45, 2.75) is 44.6 Å². The topological polar surface area (TPSA) is 75.5 Å². The summed E-state index contributed by atoms with van der Waals surface area (Å²) in [5.41, 5.74) is 0. The Morgan fingerprint density at radius 2 is 2.31 bits per heavy atom. The van der Waals surface area contributed by atoms with Crippen molar-refractivity contribution in [2.75, 3.05) is 20.3 Å². The molecular weight excluding hydrogens is 212 g/mol. The zero-order valence-corrected chi connectivity index (χ0v) is 9.80. The van der Waals surface area contributed by atoms with Crippen molar-refractivity contribution in [1.29, 1.82) is 0 Å². The van der Waals surface area contributed by atoms with Crippen molar-refractivity contribution in [3.8, 4) is 0 Å². The highest BCUT2D eigenvalue weighted by Gasteiger charge is 2.23. The maximum absolute atomic E-state index is 10.1. The maximum Gasteiger partial charge on any atom is 0.158 e. The predicted molar refractivity (Wildman–Crippen MR) is 58.0 cm³/mol. The molecule has 3 atom stereocenters. The van der Waals surface area contributed by atoms with Crippen LogP contribution in [0.1, 0.15) is 26.2 Å². The highest BCUT2D eigenvalue weighted by molar-refractivity contribution is 4.73. The van der Waals surface area contributed by atoms with Crippen LogP contribution in [-0.4, -0.2) is 38.8 Å². The van der Waals surface area contributed by atoms with Crippen molar-refractivity contribution < 1.29 is 14.2 Å². The standard InChI is InChI=1S/C10H20N2O4/c1-8(9(7-14-2)11-12-13)16-10-5-3-4-6-15-10/h8-10H,3-7H2,1-2H3,(H,11,13)/p-1/t8-,9-,10?/m1/s1. The van der Waals surface area contributed by atoms with E-state index >= 15 is 0 Å². The summed E-state index contributed by atoms with van der Waals surface area (Å²) in [6.07, 6.45) is 2.65. The maximum atomic E-state index is 10.1. The molecule has 0 saturated carbocycles. The van der Waals surface area contributed by atoms with E-state index in [1.165, 1.54) is 0 Å². The fourth-order valence-corrected chi connectivity index (χ4v) is 1.64. The lowest BCUT2D eigenvalue weighted by Crippen LogP contribution is -2.34. The van der Waals surface area contributed by atoms with Crippen LogP contribution in [0.5, 0.6) is 0 Å². The second-order valence-corrected chi connectivity index (χ2v) is 3.86. The van der Waals surface area contributed by atoms with Crippen LogP contribution in [0, 0.1) is 5.21 Å². The first-order valence-electron chi connectivity index (χ1n) is 5.56. The van der Waals surface area contributed by atoms with Crippen LogP contribution in [0.2, 0.25) is 0 Å². The smallest absolute Gasteiger partial charge is 0.158 e. The molecule has 0 aliphatic carbocycles. The Morgan fingerprint density at radius 3 is 2.88 bits per heavy atom. The lowest BCUT2D eigenvalue weighted by Gasteiger charge is -2.28. The Bertz CT molecular complexity index is 207. The monoisotopic (exact) mass is 231 g/mol. The third-order valence-corrected chi connectivity index (χ3v) is 2.58. The normalized spacial score (nSPS) is 25.8. The average Bonchev–Trinajstić information content (AvgIpc) is 2.30. The summed E-state index contributed by atoms with van der Waals surface area (Å²) in [5, 5.41) is 16.2. The van der Waals surface area contributed by atoms with E-state index in [9.17, 15) is 5.21 Å². The van der Waals surface area contributed by atoms with Crippen LogP contribution in [0.25, 0.3) is 0 Å². The zero-order chi connectivity index (χ0) is 11.8. The molecule has 0 aromatic heterocycles. The van der Waals surface area contributed by atoms with Gasteiger partial charge >= 0.3 is 0 Å². The van der Waals surface area contributed by atoms with Gasteiger partial charge in [-0.15, -0.1) is 0 Å². The molecule has 1 unspecified atom stereocenters. The molecule has 0 aromatic carbocycles. The van der Waals surface area contributed by atoms with Gasteiger partial charge in [-0.25, -0.2) is 5.28 Å². The minimum absolute atomic E-state index is 0.190. The lowest BCUT2D eigenvalue weighted by atomic mass is 10.2. The van der Waals surface area contributed by atoms with Crippen molar-refractivity contribution >= 4 is 0 Å². The van der Waals surface area contributed by atoms with E-state index in [1.54, 1.807) is 7.11 Å². The van der Waals surface area contributed by atoms with Crippen molar-refractivity contribution in [2.24, 2.45) is 10.4 Å². The molecule has 0 N–H and O–H groups in total. The Hall–Kier alpha value is -0.720. The molecule has 0 spiro atoms. The highest BCUT2D eigenvalue weighted by Crippen LogP contribution is 2.17. The molecule has 6 heteroatoms. The van der Waals surface area contributed by atoms with Crippen molar-refractivity contribution in [1.82, 2.24) is 0 Å². The molecule has 1 heterocycles. The van der Waals surface area contributed by atoms with Gasteiger partial charge in [0.05, 0.1) is 12.7 Å². The highest BCUT2D eigenvalue weighted by atomic mass is 16.7. The number of nitrogens with zero attached hydrogens (tertiary/aromatic N) is 2. The molecule has 0 bridgehead atoms. The molecule has 94 valence electrons. The first-order chi connectivity index (χ1) is 7.77. The van der Waals surface area contributed by atoms with Crippen LogP contribution in [0.4, 0.5) is 0 Å². The van der Waals surface area contributed by atoms with Gasteiger partial charge < -0.3 is 19.4 Å². The molecule has 0 radical (unpaired) electrons. The number of hydrogen-bond donors (Lipinski definition) is 0. The summed E-state index contributed by atoms with van der Waals surface area (Å²) in [7, 11) is 1.55. The van der Waals surface area contributed by atoms with Crippen LogP contribution in [-0.2, 0) is 14.2 Å². The molecule has 0 amide bonds. The molecule has 0 aromatic rings. The van der Waals surface area contributed by atoms with Crippen molar-refractivity contribution in [3.05, 3.63) is 5.21 Å². The van der Waals surface area contributed by atoms with Crippen LogP contribution in [0.15, 0.2) is 10.4 Å². The van der Waals surface area contributed by atoms with Crippen molar-refractivity contribution in [3.63, 3.8) is 0 Å². The minimum Gasteiger partial charge on any atom is -0.775 e. The predicted octanol–water partition coefficient (Wildman–Crippen LogP) is 1.88. The molecule has 6 nitrogen and oxygen atoms in total. The second kappa shape index (κ2) is 7.54. The van der Waals surface area contributed by atoms with E-state index in [-0.39, 0.29) is 18.4 Å². The van der Waals surface area contributed by atoms with Gasteiger partial charge in [-0.3, -0.25) is 0 Å². The fraction of sp³-hybridized carbons (Fsp3) is 1.00. The van der Waals surface area contributed by atoms with E-state index in [4.69, 9.17) is 14.2 Å². The minimum atomic E-state index is -0.368. The van der Waals surface area contributed by atoms with Gasteiger partial charge in [0, 0.05) is 13.7 Å². The van der Waals surface area contributed by atoms with Gasteiger partial charge in [0.25, 0.3) is 0 Å². The van der Waals surface area contributed by atoms with Gasteiger partial charge in [0.15, 0.2) is 6.29 Å². The summed E-state index contributed by atoms with van der Waals surface area (Å²) in [6.45, 7) is 2.89. The first kappa shape index (κ1) is 13.3. The summed E-state index contributed by atoms with van der Waals surface area (Å²) < 4.78 is 16.1. The van der Waals surface area contributed by atoms with E-state index in [0.29, 0.717) is 6.61 Å². The Morgan fingerprint density at radius 1 is 1.50 bits per heavy atom. The molecule has 1 aliphatic heterocycles. The fourth-order valence-electron chi connectivity index (χ4n) is 1.64. The summed E-state index contributed by atoms with van der Waals surface area (Å²) in [4.78, 5) is 0. The Labute approximate surface area is 95.6 Å². The molecule has 1 fully saturated rings. The SMILES string of the molecule is COC[C@@H](N=N[O-])[C@@H](C)OC1CCCCO1. The quantitative estimate of drug-likeness (QED) is 0.516. The Balaban J connectivity index is 2.37. The number of hydrogen-bond acceptors (Lipinski definition) is 6. The molecule has 16 heavy (non-hydrogen) atoms. The average molecular weight is 231 g/mol. The summed E-state index contributed by atoms with van der Waals surface area (Å²) >= 11 is 0. The van der Waals surface area contributed by atoms with Gasteiger partial charge in [-0.2, -0.15) is 5.11 Å². The molecule has 1 saturated heterocycles. The third kappa shape index (κ3) is 4.42. The Kier molecular flexibility index (Phi) is 6.29. The van der Waals surface area contributed by atoms with Crippen LogP contribution < -0.4 is 0 Å². The van der Waals surface area contributed by atoms with E-state index in [1.807, 2.05) is 6.92 Å². The number of ether oxygens (including phenoxy) is 3. The summed E-state index contributed by atoms with van der Waals surface area (Å²) in [5.74, 6) is 0. The zero-order valence-electron chi connectivity index (χ0n) is 9.80. The number of rotatable bonds is 6.